The third-order valence-corrected chi connectivity index (χ3v) is 13.4. The third-order valence-electron chi connectivity index (χ3n) is 7.27. The molecule has 0 aliphatic carbocycles. The van der Waals surface area contributed by atoms with Crippen LogP contribution in [0.4, 0.5) is 0 Å². The van der Waals surface area contributed by atoms with E-state index in [9.17, 15) is 4.21 Å². The Labute approximate surface area is 236 Å². The van der Waals surface area contributed by atoms with Gasteiger partial charge in [-0.2, -0.15) is 5.10 Å². The van der Waals surface area contributed by atoms with Gasteiger partial charge in [-0.25, -0.2) is 18.6 Å². The van der Waals surface area contributed by atoms with E-state index >= 15 is 0 Å². The quantitative estimate of drug-likeness (QED) is 0.231. The molecule has 3 aromatic heterocycles. The molecule has 0 aliphatic heterocycles. The van der Waals surface area contributed by atoms with E-state index in [2.05, 4.69) is 50.7 Å². The number of fused-ring (bicyclic) bond motifs is 1. The Morgan fingerprint density at radius 1 is 1.00 bits per heavy atom. The van der Waals surface area contributed by atoms with Crippen LogP contribution in [0.1, 0.15) is 65.9 Å². The molecule has 4 rings (SSSR count). The SMILES string of the molecule is C[C@@H](N[S@](=O)C(C)(C)C)c1cccc(-c2ccc3cn(-c4cccc(CO[Si](C)(C)C(C)(C)C)n4)nc3c2)n1. The minimum atomic E-state index is -1.86. The molecule has 0 saturated carbocycles. The molecule has 0 bridgehead atoms. The maximum absolute atomic E-state index is 12.6. The molecule has 0 saturated heterocycles. The molecule has 1 aromatic carbocycles. The molecule has 4 aromatic rings. The molecule has 2 atom stereocenters. The summed E-state index contributed by atoms with van der Waals surface area (Å²) in [5.74, 6) is 0.760. The van der Waals surface area contributed by atoms with Gasteiger partial charge >= 0.3 is 0 Å². The highest BCUT2D eigenvalue weighted by Gasteiger charge is 2.37. The molecule has 39 heavy (non-hydrogen) atoms. The maximum Gasteiger partial charge on any atom is 0.192 e. The Kier molecular flexibility index (Phi) is 8.28. The zero-order chi connectivity index (χ0) is 28.6. The topological polar surface area (TPSA) is 81.9 Å². The van der Waals surface area contributed by atoms with Crippen molar-refractivity contribution in [3.63, 3.8) is 0 Å². The van der Waals surface area contributed by atoms with Gasteiger partial charge in [0.2, 0.25) is 0 Å². The van der Waals surface area contributed by atoms with Gasteiger partial charge in [0.1, 0.15) is 0 Å². The van der Waals surface area contributed by atoms with Crippen molar-refractivity contribution in [2.45, 2.75) is 84.0 Å². The van der Waals surface area contributed by atoms with Gasteiger partial charge in [0.25, 0.3) is 0 Å². The van der Waals surface area contributed by atoms with Crippen molar-refractivity contribution < 1.29 is 8.63 Å². The first kappa shape index (κ1) is 29.3. The molecule has 7 nitrogen and oxygen atoms in total. The first-order valence-corrected chi connectivity index (χ1v) is 17.4. The first-order valence-electron chi connectivity index (χ1n) is 13.4. The smallest absolute Gasteiger partial charge is 0.192 e. The van der Waals surface area contributed by atoms with E-state index in [1.165, 1.54) is 0 Å². The van der Waals surface area contributed by atoms with E-state index in [1.54, 1.807) is 0 Å². The Balaban J connectivity index is 1.55. The lowest BCUT2D eigenvalue weighted by Crippen LogP contribution is -2.40. The van der Waals surface area contributed by atoms with Crippen LogP contribution in [0, 0.1) is 0 Å². The van der Waals surface area contributed by atoms with Crippen molar-refractivity contribution in [1.29, 1.82) is 0 Å². The van der Waals surface area contributed by atoms with Crippen LogP contribution < -0.4 is 4.72 Å². The van der Waals surface area contributed by atoms with Crippen molar-refractivity contribution >= 4 is 30.2 Å². The highest BCUT2D eigenvalue weighted by atomic mass is 32.2. The molecule has 0 aliphatic rings. The van der Waals surface area contributed by atoms with Gasteiger partial charge in [0, 0.05) is 17.1 Å². The summed E-state index contributed by atoms with van der Waals surface area (Å²) < 4.78 is 23.6. The molecule has 3 heterocycles. The van der Waals surface area contributed by atoms with Gasteiger partial charge in [-0.3, -0.25) is 4.98 Å². The zero-order valence-corrected chi connectivity index (χ0v) is 26.4. The molecule has 208 valence electrons. The van der Waals surface area contributed by atoms with Gasteiger partial charge < -0.3 is 4.43 Å². The first-order chi connectivity index (χ1) is 18.1. The summed E-state index contributed by atoms with van der Waals surface area (Å²) in [6.45, 7) is 19.6. The van der Waals surface area contributed by atoms with E-state index in [-0.39, 0.29) is 15.8 Å². The number of hydrogen-bond acceptors (Lipinski definition) is 5. The molecular weight excluding hydrogens is 523 g/mol. The van der Waals surface area contributed by atoms with Gasteiger partial charge in [-0.05, 0) is 76.2 Å². The lowest BCUT2D eigenvalue weighted by Gasteiger charge is -2.36. The minimum Gasteiger partial charge on any atom is -0.411 e. The second-order valence-electron chi connectivity index (χ2n) is 12.6. The molecule has 0 spiro atoms. The number of pyridine rings is 2. The summed E-state index contributed by atoms with van der Waals surface area (Å²) in [6, 6.07) is 17.9. The normalized spacial score (nSPS) is 14.5. The Bertz CT molecular complexity index is 1490. The summed E-state index contributed by atoms with van der Waals surface area (Å²) in [4.78, 5) is 9.69. The summed E-state index contributed by atoms with van der Waals surface area (Å²) >= 11 is 0. The van der Waals surface area contributed by atoms with Crippen LogP contribution in [0.15, 0.2) is 60.8 Å². The number of nitrogens with zero attached hydrogens (tertiary/aromatic N) is 4. The summed E-state index contributed by atoms with van der Waals surface area (Å²) in [5, 5.41) is 6.00. The molecule has 9 heteroatoms. The summed E-state index contributed by atoms with van der Waals surface area (Å²) in [5.41, 5.74) is 4.43. The molecule has 1 N–H and O–H groups in total. The molecule has 0 amide bonds. The monoisotopic (exact) mass is 563 g/mol. The lowest BCUT2D eigenvalue weighted by molar-refractivity contribution is 0.272. The molecular formula is C30H41N5O2SSi. The second kappa shape index (κ2) is 11.0. The largest absolute Gasteiger partial charge is 0.411 e. The average Bonchev–Trinajstić information content (AvgIpc) is 3.30. The average molecular weight is 564 g/mol. The highest BCUT2D eigenvalue weighted by molar-refractivity contribution is 7.84. The lowest BCUT2D eigenvalue weighted by atomic mass is 10.1. The number of aromatic nitrogens is 4. The summed E-state index contributed by atoms with van der Waals surface area (Å²) in [7, 11) is -3.04. The fraction of sp³-hybridized carbons (Fsp3) is 0.433. The number of hydrogen-bond donors (Lipinski definition) is 1. The fourth-order valence-corrected chi connectivity index (χ4v) is 5.43. The fourth-order valence-electron chi connectivity index (χ4n) is 3.69. The Hall–Kier alpha value is -2.72. The minimum absolute atomic E-state index is 0.146. The Morgan fingerprint density at radius 3 is 2.41 bits per heavy atom. The van der Waals surface area contributed by atoms with E-state index in [4.69, 9.17) is 19.5 Å². The number of benzene rings is 1. The van der Waals surface area contributed by atoms with Crippen LogP contribution in [-0.2, 0) is 22.0 Å². The molecule has 0 unspecified atom stereocenters. The predicted molar refractivity (Wildman–Crippen MR) is 164 cm³/mol. The second-order valence-corrected chi connectivity index (χ2v) is 19.4. The van der Waals surface area contributed by atoms with Crippen LogP contribution in [0.25, 0.3) is 28.0 Å². The van der Waals surface area contributed by atoms with Crippen molar-refractivity contribution in [3.8, 4) is 17.1 Å². The van der Waals surface area contributed by atoms with Crippen LogP contribution in [0.2, 0.25) is 18.1 Å². The maximum atomic E-state index is 12.6. The third kappa shape index (κ3) is 6.89. The molecule has 0 fully saturated rings. The zero-order valence-electron chi connectivity index (χ0n) is 24.6. The van der Waals surface area contributed by atoms with Crippen molar-refractivity contribution in [2.24, 2.45) is 0 Å². The number of rotatable bonds is 8. The molecule has 0 radical (unpaired) electrons. The van der Waals surface area contributed by atoms with E-state index < -0.39 is 19.3 Å². The van der Waals surface area contributed by atoms with Gasteiger partial charge in [0.05, 0.1) is 51.0 Å². The standard InChI is InChI=1S/C30H41N5O2SSi/c1-21(34-38(36)29(2,3)4)25-13-11-14-26(32-25)22-16-17-23-19-35(33-27(23)18-22)28-15-10-12-24(31-28)20-37-39(8,9)30(5,6)7/h10-19,21,34H,20H2,1-9H3/t21-,38-/m1/s1. The summed E-state index contributed by atoms with van der Waals surface area (Å²) in [6.07, 6.45) is 2.00. The van der Waals surface area contributed by atoms with Crippen LogP contribution in [0.5, 0.6) is 0 Å². The van der Waals surface area contributed by atoms with E-state index in [0.717, 1.165) is 39.4 Å². The van der Waals surface area contributed by atoms with E-state index in [0.29, 0.717) is 6.61 Å². The van der Waals surface area contributed by atoms with Gasteiger partial charge in [-0.1, -0.05) is 45.0 Å². The predicted octanol–water partition coefficient (Wildman–Crippen LogP) is 7.12. The van der Waals surface area contributed by atoms with Gasteiger partial charge in [0.15, 0.2) is 14.1 Å². The van der Waals surface area contributed by atoms with Crippen LogP contribution in [-0.4, -0.2) is 37.0 Å². The van der Waals surface area contributed by atoms with Crippen molar-refractivity contribution in [2.75, 3.05) is 0 Å². The van der Waals surface area contributed by atoms with Crippen molar-refractivity contribution in [1.82, 2.24) is 24.5 Å². The van der Waals surface area contributed by atoms with Crippen LogP contribution in [0.3, 0.4) is 0 Å². The Morgan fingerprint density at radius 2 is 1.72 bits per heavy atom. The van der Waals surface area contributed by atoms with E-state index in [1.807, 2.05) is 81.0 Å². The van der Waals surface area contributed by atoms with Gasteiger partial charge in [-0.15, -0.1) is 0 Å². The van der Waals surface area contributed by atoms with Crippen LogP contribution >= 0.6 is 0 Å². The van der Waals surface area contributed by atoms with Crippen molar-refractivity contribution in [3.05, 3.63) is 72.2 Å². The number of nitrogens with one attached hydrogen (secondary N) is 1. The highest BCUT2D eigenvalue weighted by Crippen LogP contribution is 2.37.